The first kappa shape index (κ1) is 17.4. The van der Waals surface area contributed by atoms with Crippen molar-refractivity contribution in [1.29, 1.82) is 0 Å². The molecule has 1 fully saturated rings. The fraction of sp³-hybridized carbons (Fsp3) is 0.667. The quantitative estimate of drug-likeness (QED) is 0.790. The number of imidazole rings is 1. The van der Waals surface area contributed by atoms with Gasteiger partial charge in [-0.1, -0.05) is 0 Å². The van der Waals surface area contributed by atoms with Crippen LogP contribution >= 0.6 is 0 Å². The van der Waals surface area contributed by atoms with E-state index in [4.69, 9.17) is 14.7 Å². The Morgan fingerprint density at radius 3 is 2.83 bits per heavy atom. The number of rotatable bonds is 4. The zero-order valence-corrected chi connectivity index (χ0v) is 15.2. The predicted molar refractivity (Wildman–Crippen MR) is 93.3 cm³/mol. The Morgan fingerprint density at radius 1 is 1.42 bits per heavy atom. The van der Waals surface area contributed by atoms with Crippen molar-refractivity contribution >= 4 is 28.2 Å². The molecule has 0 radical (unpaired) electrons. The van der Waals surface area contributed by atoms with Crippen LogP contribution in [-0.4, -0.2) is 54.4 Å². The lowest BCUT2D eigenvalue weighted by atomic mass is 10.2. The van der Waals surface area contributed by atoms with Gasteiger partial charge in [0.05, 0.1) is 19.0 Å². The van der Waals surface area contributed by atoms with E-state index >= 15 is 0 Å². The van der Waals surface area contributed by atoms with Crippen LogP contribution in [0.25, 0.3) is 11.2 Å². The van der Waals surface area contributed by atoms with E-state index in [1.807, 2.05) is 4.57 Å². The molecule has 2 aromatic heterocycles. The number of ether oxygens (including phenoxy) is 1. The summed E-state index contributed by atoms with van der Waals surface area (Å²) < 4.78 is 14.1. The van der Waals surface area contributed by atoms with Crippen molar-refractivity contribution in [1.82, 2.24) is 19.5 Å². The van der Waals surface area contributed by atoms with Gasteiger partial charge in [-0.2, -0.15) is 4.18 Å². The fourth-order valence-electron chi connectivity index (χ4n) is 2.55. The van der Waals surface area contributed by atoms with Crippen LogP contribution in [0.1, 0.15) is 33.4 Å². The molecule has 0 aromatic carbocycles. The zero-order chi connectivity index (χ0) is 17.5. The lowest BCUT2D eigenvalue weighted by Gasteiger charge is -2.22. The van der Waals surface area contributed by atoms with Gasteiger partial charge in [0.1, 0.15) is 29.3 Å². The summed E-state index contributed by atoms with van der Waals surface area (Å²) in [6.45, 7) is 6.38. The highest BCUT2D eigenvalue weighted by Crippen LogP contribution is 2.36. The van der Waals surface area contributed by atoms with E-state index in [1.54, 1.807) is 6.33 Å². The lowest BCUT2D eigenvalue weighted by molar-refractivity contribution is -0.0418. The monoisotopic (exact) mass is 354 g/mol. The molecule has 24 heavy (non-hydrogen) atoms. The van der Waals surface area contributed by atoms with Gasteiger partial charge < -0.3 is 15.6 Å². The molecule has 3 N–H and O–H groups in total. The van der Waals surface area contributed by atoms with Crippen molar-refractivity contribution in [2.75, 3.05) is 18.6 Å². The van der Waals surface area contributed by atoms with Crippen LogP contribution in [0.5, 0.6) is 0 Å². The molecule has 0 amide bonds. The molecule has 0 bridgehead atoms. The van der Waals surface area contributed by atoms with Crippen molar-refractivity contribution in [2.24, 2.45) is 0 Å². The largest absolute Gasteiger partial charge is 0.394 e. The molecule has 1 saturated heterocycles. The SMILES string of the molecule is C[S+](O[C@@H]1C[C@@H](CO)O[C@H]1n1cnc2c(N)ncnc21)C(C)(C)C. The number of hydrogen-bond acceptors (Lipinski definition) is 7. The van der Waals surface area contributed by atoms with Crippen molar-refractivity contribution < 1.29 is 14.0 Å². The second kappa shape index (κ2) is 6.47. The van der Waals surface area contributed by atoms with Gasteiger partial charge in [0.2, 0.25) is 0 Å². The molecule has 0 aliphatic carbocycles. The van der Waals surface area contributed by atoms with Crippen LogP contribution < -0.4 is 5.73 Å². The molecule has 0 saturated carbocycles. The Kier molecular flexibility index (Phi) is 4.69. The maximum Gasteiger partial charge on any atom is 0.168 e. The highest BCUT2D eigenvalue weighted by atomic mass is 32.2. The number of anilines is 1. The van der Waals surface area contributed by atoms with Crippen molar-refractivity contribution in [3.63, 3.8) is 0 Å². The number of aromatic nitrogens is 4. The first-order chi connectivity index (χ1) is 11.3. The Hall–Kier alpha value is -1.42. The first-order valence-corrected chi connectivity index (χ1v) is 9.39. The van der Waals surface area contributed by atoms with Crippen LogP contribution in [0.2, 0.25) is 0 Å². The molecule has 132 valence electrons. The van der Waals surface area contributed by atoms with Crippen molar-refractivity contribution in [2.45, 2.75) is 50.4 Å². The molecule has 9 heteroatoms. The molecule has 0 spiro atoms. The molecule has 3 heterocycles. The third-order valence-corrected chi connectivity index (χ3v) is 6.40. The molecular formula is C15H24N5O3S+. The van der Waals surface area contributed by atoms with Gasteiger partial charge in [0, 0.05) is 6.42 Å². The Morgan fingerprint density at radius 2 is 2.17 bits per heavy atom. The van der Waals surface area contributed by atoms with E-state index < -0.39 is 6.23 Å². The normalized spacial score (nSPS) is 26.1. The van der Waals surface area contributed by atoms with Crippen LogP contribution in [0.15, 0.2) is 12.7 Å². The molecule has 1 unspecified atom stereocenters. The average molecular weight is 354 g/mol. The summed E-state index contributed by atoms with van der Waals surface area (Å²) >= 11 is -0.267. The minimum absolute atomic E-state index is 0.0332. The number of hydrogen-bond donors (Lipinski definition) is 2. The highest BCUT2D eigenvalue weighted by Gasteiger charge is 2.45. The van der Waals surface area contributed by atoms with Crippen molar-refractivity contribution in [3.8, 4) is 0 Å². The van der Waals surface area contributed by atoms with Gasteiger partial charge in [0.15, 0.2) is 28.5 Å². The molecule has 1 aliphatic heterocycles. The van der Waals surface area contributed by atoms with Gasteiger partial charge >= 0.3 is 0 Å². The molecule has 4 atom stereocenters. The maximum absolute atomic E-state index is 9.50. The van der Waals surface area contributed by atoms with Crippen molar-refractivity contribution in [3.05, 3.63) is 12.7 Å². The number of nitrogens with two attached hydrogens (primary N) is 1. The summed E-state index contributed by atoms with van der Waals surface area (Å²) in [4.78, 5) is 12.5. The smallest absolute Gasteiger partial charge is 0.168 e. The average Bonchev–Trinajstić information content (AvgIpc) is 3.10. The van der Waals surface area contributed by atoms with Crippen LogP contribution in [-0.2, 0) is 20.1 Å². The Bertz CT molecular complexity index is 717. The van der Waals surface area contributed by atoms with Gasteiger partial charge in [-0.05, 0) is 20.8 Å². The third-order valence-electron chi connectivity index (χ3n) is 4.14. The molecule has 1 aliphatic rings. The van der Waals surface area contributed by atoms with Crippen LogP contribution in [0.3, 0.4) is 0 Å². The number of nitrogen functional groups attached to an aromatic ring is 1. The fourth-order valence-corrected chi connectivity index (χ4v) is 3.38. The summed E-state index contributed by atoms with van der Waals surface area (Å²) in [6, 6.07) is 0. The van der Waals surface area contributed by atoms with Gasteiger partial charge in [-0.15, -0.1) is 0 Å². The maximum atomic E-state index is 9.50. The summed E-state index contributed by atoms with van der Waals surface area (Å²) in [5.74, 6) is 0.331. The first-order valence-electron chi connectivity index (χ1n) is 7.83. The van der Waals surface area contributed by atoms with Crippen LogP contribution in [0.4, 0.5) is 5.82 Å². The Labute approximate surface area is 143 Å². The topological polar surface area (TPSA) is 108 Å². The second-order valence-electron chi connectivity index (χ2n) is 6.85. The number of aliphatic hydroxyl groups excluding tert-OH is 1. The zero-order valence-electron chi connectivity index (χ0n) is 14.3. The predicted octanol–water partition coefficient (Wildman–Crippen LogP) is 1.04. The summed E-state index contributed by atoms with van der Waals surface area (Å²) in [7, 11) is 0. The van der Waals surface area contributed by atoms with E-state index in [-0.39, 0.29) is 34.7 Å². The second-order valence-corrected chi connectivity index (χ2v) is 9.18. The summed E-state index contributed by atoms with van der Waals surface area (Å²) in [5, 5.41) is 9.50. The highest BCUT2D eigenvalue weighted by molar-refractivity contribution is 7.93. The molecule has 3 rings (SSSR count). The number of aliphatic hydroxyl groups is 1. The Balaban J connectivity index is 1.92. The van der Waals surface area contributed by atoms with Gasteiger partial charge in [0.25, 0.3) is 0 Å². The summed E-state index contributed by atoms with van der Waals surface area (Å²) in [5.41, 5.74) is 7.00. The van der Waals surface area contributed by atoms with E-state index in [2.05, 4.69) is 42.0 Å². The van der Waals surface area contributed by atoms with E-state index in [1.165, 1.54) is 6.33 Å². The minimum Gasteiger partial charge on any atom is -0.394 e. The van der Waals surface area contributed by atoms with E-state index in [9.17, 15) is 5.11 Å². The standard InChI is InChI=1S/C15H24N5O3S/c1-15(2,3)24(4)23-10-5-9(6-21)22-14(10)20-8-19-11-12(16)17-7-18-13(11)20/h7-10,14,21H,5-6H2,1-4H3,(H2,16,17,18)/q+1/t9-,10+,14+,24?/m0/s1. The molecule has 8 nitrogen and oxygen atoms in total. The van der Waals surface area contributed by atoms with Crippen LogP contribution in [0, 0.1) is 0 Å². The van der Waals surface area contributed by atoms with E-state index in [0.29, 0.717) is 23.4 Å². The summed E-state index contributed by atoms with van der Waals surface area (Å²) in [6.07, 6.45) is 4.88. The van der Waals surface area contributed by atoms with Gasteiger partial charge in [-0.25, -0.2) is 15.0 Å². The van der Waals surface area contributed by atoms with E-state index in [0.717, 1.165) is 0 Å². The minimum atomic E-state index is -0.404. The van der Waals surface area contributed by atoms with Gasteiger partial charge in [-0.3, -0.25) is 4.57 Å². The number of nitrogens with zero attached hydrogens (tertiary/aromatic N) is 4. The molecule has 2 aromatic rings. The lowest BCUT2D eigenvalue weighted by Crippen LogP contribution is -2.34. The molecular weight excluding hydrogens is 330 g/mol. The third kappa shape index (κ3) is 3.21. The number of fused-ring (bicyclic) bond motifs is 1.